The molecule has 1 aliphatic carbocycles. The Kier molecular flexibility index (Phi) is 6.20. The van der Waals surface area contributed by atoms with Crippen LogP contribution >= 0.6 is 11.8 Å². The molecule has 1 fully saturated rings. The fourth-order valence-electron chi connectivity index (χ4n) is 2.60. The average molecular weight is 243 g/mol. The Balaban J connectivity index is 2.46. The summed E-state index contributed by atoms with van der Waals surface area (Å²) in [6.45, 7) is 9.41. The van der Waals surface area contributed by atoms with E-state index in [1.54, 1.807) is 0 Å². The van der Waals surface area contributed by atoms with Crippen molar-refractivity contribution in [2.24, 2.45) is 17.8 Å². The molecule has 0 aromatic heterocycles. The van der Waals surface area contributed by atoms with E-state index < -0.39 is 0 Å². The zero-order chi connectivity index (χ0) is 12.1. The minimum Gasteiger partial charge on any atom is -0.316 e. The SMILES string of the molecule is CNC1CCC(C(C)C)CC1SCC(C)C. The molecule has 0 aromatic rings. The normalized spacial score (nSPS) is 31.3. The van der Waals surface area contributed by atoms with Gasteiger partial charge in [0, 0.05) is 11.3 Å². The molecule has 1 saturated carbocycles. The van der Waals surface area contributed by atoms with Crippen molar-refractivity contribution in [1.82, 2.24) is 5.32 Å². The first-order valence-corrected chi connectivity index (χ1v) is 7.88. The summed E-state index contributed by atoms with van der Waals surface area (Å²) in [6.07, 6.45) is 4.21. The minimum absolute atomic E-state index is 0.749. The Morgan fingerprint density at radius 2 is 1.88 bits per heavy atom. The second-order valence-corrected chi connectivity index (χ2v) is 7.25. The van der Waals surface area contributed by atoms with Gasteiger partial charge in [-0.2, -0.15) is 11.8 Å². The number of hydrogen-bond acceptors (Lipinski definition) is 2. The van der Waals surface area contributed by atoms with Crippen LogP contribution in [0.1, 0.15) is 47.0 Å². The fourth-order valence-corrected chi connectivity index (χ4v) is 4.12. The van der Waals surface area contributed by atoms with E-state index in [2.05, 4.69) is 51.8 Å². The molecule has 0 aliphatic heterocycles. The first kappa shape index (κ1) is 14.4. The van der Waals surface area contributed by atoms with Gasteiger partial charge in [-0.15, -0.1) is 0 Å². The molecule has 1 aliphatic rings. The first-order chi connectivity index (χ1) is 7.54. The smallest absolute Gasteiger partial charge is 0.0203 e. The predicted octanol–water partition coefficient (Wildman–Crippen LogP) is 3.79. The van der Waals surface area contributed by atoms with Crippen LogP contribution in [0.25, 0.3) is 0 Å². The molecular formula is C14H29NS. The van der Waals surface area contributed by atoms with E-state index in [1.807, 2.05) is 0 Å². The van der Waals surface area contributed by atoms with Crippen LogP contribution in [0.15, 0.2) is 0 Å². The molecule has 96 valence electrons. The quantitative estimate of drug-likeness (QED) is 0.788. The van der Waals surface area contributed by atoms with Crippen molar-refractivity contribution in [2.75, 3.05) is 12.8 Å². The molecular weight excluding hydrogens is 214 g/mol. The molecule has 0 heterocycles. The van der Waals surface area contributed by atoms with Gasteiger partial charge in [-0.1, -0.05) is 27.7 Å². The van der Waals surface area contributed by atoms with Crippen molar-refractivity contribution in [3.63, 3.8) is 0 Å². The van der Waals surface area contributed by atoms with E-state index in [4.69, 9.17) is 0 Å². The lowest BCUT2D eigenvalue weighted by Crippen LogP contribution is -2.42. The summed E-state index contributed by atoms with van der Waals surface area (Å²) in [6, 6.07) is 0.749. The largest absolute Gasteiger partial charge is 0.316 e. The van der Waals surface area contributed by atoms with Crippen molar-refractivity contribution in [1.29, 1.82) is 0 Å². The van der Waals surface area contributed by atoms with Crippen LogP contribution in [0.3, 0.4) is 0 Å². The van der Waals surface area contributed by atoms with Crippen LogP contribution in [0.2, 0.25) is 0 Å². The maximum atomic E-state index is 3.52. The van der Waals surface area contributed by atoms with E-state index >= 15 is 0 Å². The maximum absolute atomic E-state index is 3.52. The van der Waals surface area contributed by atoms with Gasteiger partial charge in [0.1, 0.15) is 0 Å². The molecule has 16 heavy (non-hydrogen) atoms. The molecule has 0 aromatic carbocycles. The van der Waals surface area contributed by atoms with Crippen LogP contribution < -0.4 is 5.32 Å². The molecule has 3 atom stereocenters. The molecule has 3 unspecified atom stereocenters. The van der Waals surface area contributed by atoms with Crippen LogP contribution in [0.5, 0.6) is 0 Å². The standard InChI is InChI=1S/C14H29NS/c1-10(2)9-16-14-8-12(11(3)4)6-7-13(14)15-5/h10-15H,6-9H2,1-5H3. The fraction of sp³-hybridized carbons (Fsp3) is 1.00. The van der Waals surface area contributed by atoms with E-state index in [0.29, 0.717) is 0 Å². The topological polar surface area (TPSA) is 12.0 Å². The van der Waals surface area contributed by atoms with E-state index in [-0.39, 0.29) is 0 Å². The van der Waals surface area contributed by atoms with Crippen molar-refractivity contribution in [2.45, 2.75) is 58.2 Å². The third-order valence-electron chi connectivity index (χ3n) is 3.79. The minimum atomic E-state index is 0.749. The van der Waals surface area contributed by atoms with Crippen LogP contribution in [-0.4, -0.2) is 24.1 Å². The third kappa shape index (κ3) is 4.29. The Morgan fingerprint density at radius 3 is 2.38 bits per heavy atom. The Morgan fingerprint density at radius 1 is 1.19 bits per heavy atom. The molecule has 1 N–H and O–H groups in total. The predicted molar refractivity (Wildman–Crippen MR) is 76.1 cm³/mol. The Bertz CT molecular complexity index is 191. The summed E-state index contributed by atoms with van der Waals surface area (Å²) in [5, 5.41) is 4.36. The molecule has 0 radical (unpaired) electrons. The third-order valence-corrected chi connectivity index (χ3v) is 5.60. The summed E-state index contributed by atoms with van der Waals surface area (Å²) in [4.78, 5) is 0. The lowest BCUT2D eigenvalue weighted by atomic mass is 9.79. The van der Waals surface area contributed by atoms with Crippen molar-refractivity contribution >= 4 is 11.8 Å². The number of thioether (sulfide) groups is 1. The summed E-state index contributed by atoms with van der Waals surface area (Å²) < 4.78 is 0. The van der Waals surface area contributed by atoms with Crippen LogP contribution in [-0.2, 0) is 0 Å². The van der Waals surface area contributed by atoms with Gasteiger partial charge in [-0.25, -0.2) is 0 Å². The number of rotatable bonds is 5. The lowest BCUT2D eigenvalue weighted by Gasteiger charge is -2.37. The van der Waals surface area contributed by atoms with Gasteiger partial charge in [-0.05, 0) is 49.8 Å². The highest BCUT2D eigenvalue weighted by atomic mass is 32.2. The number of hydrogen-bond donors (Lipinski definition) is 1. The van der Waals surface area contributed by atoms with Crippen molar-refractivity contribution < 1.29 is 0 Å². The highest BCUT2D eigenvalue weighted by molar-refractivity contribution is 7.99. The van der Waals surface area contributed by atoms with Crippen molar-refractivity contribution in [3.8, 4) is 0 Å². The summed E-state index contributed by atoms with van der Waals surface area (Å²) in [5.74, 6) is 3.95. The molecule has 0 spiro atoms. The van der Waals surface area contributed by atoms with Gasteiger partial charge >= 0.3 is 0 Å². The van der Waals surface area contributed by atoms with Crippen LogP contribution in [0.4, 0.5) is 0 Å². The highest BCUT2D eigenvalue weighted by Gasteiger charge is 2.31. The average Bonchev–Trinajstić information content (AvgIpc) is 2.25. The first-order valence-electron chi connectivity index (χ1n) is 6.83. The molecule has 1 rings (SSSR count). The second-order valence-electron chi connectivity index (χ2n) is 5.98. The Hall–Kier alpha value is 0.310. The number of nitrogens with one attached hydrogen (secondary N) is 1. The van der Waals surface area contributed by atoms with Gasteiger partial charge in [-0.3, -0.25) is 0 Å². The van der Waals surface area contributed by atoms with E-state index in [9.17, 15) is 0 Å². The zero-order valence-corrected chi connectivity index (χ0v) is 12.4. The van der Waals surface area contributed by atoms with Gasteiger partial charge in [0.15, 0.2) is 0 Å². The summed E-state index contributed by atoms with van der Waals surface area (Å²) in [5.41, 5.74) is 0. The van der Waals surface area contributed by atoms with Gasteiger partial charge in [0.2, 0.25) is 0 Å². The monoisotopic (exact) mass is 243 g/mol. The molecule has 2 heteroatoms. The lowest BCUT2D eigenvalue weighted by molar-refractivity contribution is 0.251. The van der Waals surface area contributed by atoms with Gasteiger partial charge < -0.3 is 5.32 Å². The van der Waals surface area contributed by atoms with Gasteiger partial charge in [0.05, 0.1) is 0 Å². The molecule has 0 saturated heterocycles. The second kappa shape index (κ2) is 6.90. The summed E-state index contributed by atoms with van der Waals surface area (Å²) in [7, 11) is 2.13. The van der Waals surface area contributed by atoms with Crippen molar-refractivity contribution in [3.05, 3.63) is 0 Å². The van der Waals surface area contributed by atoms with E-state index in [0.717, 1.165) is 29.0 Å². The van der Waals surface area contributed by atoms with Crippen LogP contribution in [0, 0.1) is 17.8 Å². The molecule has 1 nitrogen and oxygen atoms in total. The highest BCUT2D eigenvalue weighted by Crippen LogP contribution is 2.36. The molecule has 0 amide bonds. The maximum Gasteiger partial charge on any atom is 0.0203 e. The van der Waals surface area contributed by atoms with E-state index in [1.165, 1.54) is 25.0 Å². The molecule has 0 bridgehead atoms. The Labute approximate surface area is 106 Å². The summed E-state index contributed by atoms with van der Waals surface area (Å²) >= 11 is 2.20. The zero-order valence-electron chi connectivity index (χ0n) is 11.6. The van der Waals surface area contributed by atoms with Gasteiger partial charge in [0.25, 0.3) is 0 Å².